The molecule has 0 aliphatic heterocycles. The maximum Gasteiger partial charge on any atom is 0.312 e. The monoisotopic (exact) mass is 373 g/mol. The van der Waals surface area contributed by atoms with E-state index in [-0.39, 0.29) is 41.9 Å². The van der Waals surface area contributed by atoms with Gasteiger partial charge < -0.3 is 0 Å². The molecule has 0 atom stereocenters. The molecule has 140 valence electrons. The molecule has 2 heterocycles. The minimum absolute atomic E-state index is 0.0485. The van der Waals surface area contributed by atoms with Gasteiger partial charge in [0.2, 0.25) is 11.9 Å². The van der Waals surface area contributed by atoms with Crippen molar-refractivity contribution in [3.8, 4) is 0 Å². The predicted octanol–water partition coefficient (Wildman–Crippen LogP) is 1.83. The number of rotatable bonds is 6. The van der Waals surface area contributed by atoms with E-state index in [0.717, 1.165) is 0 Å². The molecule has 2 aromatic heterocycles. The molecule has 1 amide bonds. The second kappa shape index (κ2) is 7.32. The van der Waals surface area contributed by atoms with Crippen molar-refractivity contribution in [2.75, 3.05) is 5.32 Å². The first-order chi connectivity index (χ1) is 12.8. The van der Waals surface area contributed by atoms with Gasteiger partial charge in [0.1, 0.15) is 30.1 Å². The molecule has 0 fully saturated rings. The Bertz CT molecular complexity index is 1010. The molecule has 1 N–H and O–H groups in total. The van der Waals surface area contributed by atoms with Gasteiger partial charge in [-0.25, -0.2) is 14.1 Å². The molecule has 0 bridgehead atoms. The number of hydrogen-bond donors (Lipinski definition) is 1. The predicted molar refractivity (Wildman–Crippen MR) is 92.5 cm³/mol. The average molecular weight is 373 g/mol. The summed E-state index contributed by atoms with van der Waals surface area (Å²) in [6.07, 6.45) is 1.37. The van der Waals surface area contributed by atoms with Crippen molar-refractivity contribution < 1.29 is 14.1 Å². The van der Waals surface area contributed by atoms with Gasteiger partial charge in [0.15, 0.2) is 0 Å². The van der Waals surface area contributed by atoms with Gasteiger partial charge in [-0.1, -0.05) is 18.2 Å². The van der Waals surface area contributed by atoms with E-state index in [4.69, 9.17) is 0 Å². The Hall–Kier alpha value is -3.63. The zero-order valence-electron chi connectivity index (χ0n) is 14.6. The van der Waals surface area contributed by atoms with Gasteiger partial charge in [0.25, 0.3) is 0 Å². The third-order valence-electron chi connectivity index (χ3n) is 3.90. The highest BCUT2D eigenvalue weighted by molar-refractivity contribution is 5.88. The van der Waals surface area contributed by atoms with Crippen molar-refractivity contribution in [3.63, 3.8) is 0 Å². The molecule has 0 aliphatic rings. The number of aryl methyl sites for hydroxylation is 1. The van der Waals surface area contributed by atoms with Crippen LogP contribution in [0.4, 0.5) is 16.0 Å². The minimum Gasteiger partial charge on any atom is -0.292 e. The zero-order valence-corrected chi connectivity index (χ0v) is 14.6. The van der Waals surface area contributed by atoms with Gasteiger partial charge in [0.05, 0.1) is 11.5 Å². The summed E-state index contributed by atoms with van der Waals surface area (Å²) in [5.74, 6) is -0.795. The highest BCUT2D eigenvalue weighted by atomic mass is 19.1. The highest BCUT2D eigenvalue weighted by Gasteiger charge is 2.23. The molecule has 0 radical (unpaired) electrons. The molecule has 0 spiro atoms. The molecule has 3 aromatic rings. The minimum atomic E-state index is -0.530. The van der Waals surface area contributed by atoms with E-state index in [1.165, 1.54) is 35.6 Å². The lowest BCUT2D eigenvalue weighted by molar-refractivity contribution is -0.386. The fraction of sp³-hybridized carbons (Fsp3) is 0.250. The number of benzene rings is 1. The van der Waals surface area contributed by atoms with Gasteiger partial charge in [-0.15, -0.1) is 5.10 Å². The summed E-state index contributed by atoms with van der Waals surface area (Å²) in [6.45, 7) is 2.97. The first-order valence-electron chi connectivity index (χ1n) is 7.96. The van der Waals surface area contributed by atoms with Crippen molar-refractivity contribution in [2.24, 2.45) is 0 Å². The SMILES string of the molecule is Cc1nn(CC(=O)Nc2ncn(Cc3ccccc3F)n2)c(C)c1[N+](=O)[O-]. The highest BCUT2D eigenvalue weighted by Crippen LogP contribution is 2.21. The molecule has 1 aromatic carbocycles. The summed E-state index contributed by atoms with van der Waals surface area (Å²) in [6, 6.07) is 6.29. The number of nitro groups is 1. The fourth-order valence-corrected chi connectivity index (χ4v) is 2.64. The Balaban J connectivity index is 1.66. The van der Waals surface area contributed by atoms with Crippen LogP contribution in [0.15, 0.2) is 30.6 Å². The number of carbonyl (C=O) groups is 1. The topological polar surface area (TPSA) is 121 Å². The second-order valence-corrected chi connectivity index (χ2v) is 5.84. The standard InChI is InChI=1S/C16H16FN7O3/c1-10-15(24(26)27)11(2)23(20-10)8-14(25)19-16-18-9-22(21-16)7-12-5-3-4-6-13(12)17/h3-6,9H,7-8H2,1-2H3,(H,19,21,25). The van der Waals surface area contributed by atoms with Gasteiger partial charge >= 0.3 is 5.69 Å². The fourth-order valence-electron chi connectivity index (χ4n) is 2.64. The molecule has 27 heavy (non-hydrogen) atoms. The van der Waals surface area contributed by atoms with Crippen LogP contribution in [0, 0.1) is 29.8 Å². The Kier molecular flexibility index (Phi) is 4.92. The maximum atomic E-state index is 13.7. The summed E-state index contributed by atoms with van der Waals surface area (Å²) in [5, 5.41) is 21.6. The molecule has 0 aliphatic carbocycles. The quantitative estimate of drug-likeness (QED) is 0.520. The van der Waals surface area contributed by atoms with Gasteiger partial charge in [-0.3, -0.25) is 24.9 Å². The summed E-state index contributed by atoms with van der Waals surface area (Å²) in [4.78, 5) is 26.6. The van der Waals surface area contributed by atoms with Crippen LogP contribution in [0.1, 0.15) is 17.0 Å². The van der Waals surface area contributed by atoms with Crippen molar-refractivity contribution in [1.29, 1.82) is 0 Å². The van der Waals surface area contributed by atoms with E-state index in [1.807, 2.05) is 0 Å². The number of nitrogens with zero attached hydrogens (tertiary/aromatic N) is 6. The number of aromatic nitrogens is 5. The van der Waals surface area contributed by atoms with Crippen LogP contribution in [-0.2, 0) is 17.9 Å². The van der Waals surface area contributed by atoms with Crippen LogP contribution in [0.2, 0.25) is 0 Å². The maximum absolute atomic E-state index is 13.7. The lowest BCUT2D eigenvalue weighted by atomic mass is 10.2. The number of carbonyl (C=O) groups excluding carboxylic acids is 1. The Morgan fingerprint density at radius 3 is 2.70 bits per heavy atom. The molecule has 11 heteroatoms. The molecular formula is C16H16FN7O3. The number of hydrogen-bond acceptors (Lipinski definition) is 6. The van der Waals surface area contributed by atoms with Crippen molar-refractivity contribution in [1.82, 2.24) is 24.5 Å². The average Bonchev–Trinajstić information content (AvgIpc) is 3.13. The number of nitrogens with one attached hydrogen (secondary N) is 1. The molecule has 10 nitrogen and oxygen atoms in total. The molecular weight excluding hydrogens is 357 g/mol. The summed E-state index contributed by atoms with van der Waals surface area (Å²) < 4.78 is 16.3. The Labute approximate surface area is 152 Å². The smallest absolute Gasteiger partial charge is 0.292 e. The number of amides is 1. The lowest BCUT2D eigenvalue weighted by Crippen LogP contribution is -2.21. The largest absolute Gasteiger partial charge is 0.312 e. The molecule has 0 saturated carbocycles. The van der Waals surface area contributed by atoms with E-state index in [9.17, 15) is 19.3 Å². The van der Waals surface area contributed by atoms with E-state index in [1.54, 1.807) is 18.2 Å². The van der Waals surface area contributed by atoms with Crippen molar-refractivity contribution in [2.45, 2.75) is 26.9 Å². The van der Waals surface area contributed by atoms with Crippen molar-refractivity contribution >= 4 is 17.5 Å². The third-order valence-corrected chi connectivity index (χ3v) is 3.90. The van der Waals surface area contributed by atoms with Gasteiger partial charge in [-0.05, 0) is 19.9 Å². The first-order valence-corrected chi connectivity index (χ1v) is 7.96. The Morgan fingerprint density at radius 1 is 1.30 bits per heavy atom. The van der Waals surface area contributed by atoms with Crippen LogP contribution in [0.25, 0.3) is 0 Å². The van der Waals surface area contributed by atoms with Gasteiger partial charge in [-0.2, -0.15) is 5.10 Å². The zero-order chi connectivity index (χ0) is 19.6. The van der Waals surface area contributed by atoms with Crippen LogP contribution >= 0.6 is 0 Å². The third kappa shape index (κ3) is 3.97. The summed E-state index contributed by atoms with van der Waals surface area (Å²) >= 11 is 0. The van der Waals surface area contributed by atoms with Gasteiger partial charge in [0, 0.05) is 5.56 Å². The number of anilines is 1. The van der Waals surface area contributed by atoms with Crippen LogP contribution < -0.4 is 5.32 Å². The molecule has 0 unspecified atom stereocenters. The van der Waals surface area contributed by atoms with Crippen molar-refractivity contribution in [3.05, 3.63) is 63.5 Å². The molecule has 0 saturated heterocycles. The van der Waals surface area contributed by atoms with Crippen LogP contribution in [0.5, 0.6) is 0 Å². The first kappa shape index (κ1) is 18.2. The summed E-state index contributed by atoms with van der Waals surface area (Å²) in [5.41, 5.74) is 0.841. The normalized spacial score (nSPS) is 10.8. The van der Waals surface area contributed by atoms with Crippen LogP contribution in [-0.4, -0.2) is 35.4 Å². The second-order valence-electron chi connectivity index (χ2n) is 5.84. The Morgan fingerprint density at radius 2 is 2.04 bits per heavy atom. The van der Waals surface area contributed by atoms with E-state index < -0.39 is 10.8 Å². The van der Waals surface area contributed by atoms with E-state index in [2.05, 4.69) is 20.5 Å². The lowest BCUT2D eigenvalue weighted by Gasteiger charge is -2.04. The van der Waals surface area contributed by atoms with E-state index >= 15 is 0 Å². The van der Waals surface area contributed by atoms with E-state index in [0.29, 0.717) is 5.56 Å². The van der Waals surface area contributed by atoms with Crippen LogP contribution in [0.3, 0.4) is 0 Å². The molecule has 3 rings (SSSR count). The number of halogens is 1. The summed E-state index contributed by atoms with van der Waals surface area (Å²) in [7, 11) is 0.